The van der Waals surface area contributed by atoms with Gasteiger partial charge in [-0.15, -0.1) is 0 Å². The Kier molecular flexibility index (Phi) is 2.83. The zero-order valence-electron chi connectivity index (χ0n) is 10.2. The van der Waals surface area contributed by atoms with E-state index in [0.29, 0.717) is 12.3 Å². The van der Waals surface area contributed by atoms with Gasteiger partial charge in [0, 0.05) is 28.4 Å². The molecule has 4 heteroatoms. The van der Waals surface area contributed by atoms with Gasteiger partial charge in [-0.05, 0) is 30.3 Å². The van der Waals surface area contributed by atoms with Gasteiger partial charge in [0.15, 0.2) is 11.6 Å². The Hall–Kier alpha value is -2.49. The number of rotatable bonds is 3. The first-order valence-corrected chi connectivity index (χ1v) is 5.97. The van der Waals surface area contributed by atoms with E-state index in [-0.39, 0.29) is 11.6 Å². The summed E-state index contributed by atoms with van der Waals surface area (Å²) in [7, 11) is 0. The van der Waals surface area contributed by atoms with Crippen LogP contribution < -0.4 is 10.5 Å². The molecule has 0 saturated carbocycles. The zero-order valence-corrected chi connectivity index (χ0v) is 10.2. The number of para-hydroxylation sites is 1. The molecule has 0 aliphatic rings. The molecular formula is C15H13FN2O. The Morgan fingerprint density at radius 3 is 2.84 bits per heavy atom. The number of nitrogens with two attached hydrogens (primary N) is 1. The van der Waals surface area contributed by atoms with Gasteiger partial charge >= 0.3 is 0 Å². The van der Waals surface area contributed by atoms with Crippen LogP contribution in [0.25, 0.3) is 10.9 Å². The number of aromatic nitrogens is 1. The summed E-state index contributed by atoms with van der Waals surface area (Å²) in [5, 5.41) is 0.997. The van der Waals surface area contributed by atoms with Gasteiger partial charge in [-0.3, -0.25) is 0 Å². The summed E-state index contributed by atoms with van der Waals surface area (Å²) < 4.78 is 18.9. The number of halogens is 1. The molecule has 0 amide bonds. The molecule has 0 spiro atoms. The normalized spacial score (nSPS) is 10.8. The van der Waals surface area contributed by atoms with Crippen molar-refractivity contribution in [1.29, 1.82) is 0 Å². The molecular weight excluding hydrogens is 243 g/mol. The van der Waals surface area contributed by atoms with E-state index >= 15 is 0 Å². The van der Waals surface area contributed by atoms with Crippen LogP contribution in [0.2, 0.25) is 0 Å². The van der Waals surface area contributed by atoms with Crippen molar-refractivity contribution in [2.75, 3.05) is 5.73 Å². The molecule has 0 aliphatic heterocycles. The lowest BCUT2D eigenvalue weighted by atomic mass is 10.1. The van der Waals surface area contributed by atoms with Crippen molar-refractivity contribution in [3.05, 3.63) is 60.0 Å². The third-order valence-electron chi connectivity index (χ3n) is 3.01. The highest BCUT2D eigenvalue weighted by Crippen LogP contribution is 2.23. The molecule has 0 atom stereocenters. The molecule has 0 aliphatic carbocycles. The number of nitrogen functional groups attached to an aromatic ring is 1. The van der Waals surface area contributed by atoms with Gasteiger partial charge in [0.1, 0.15) is 6.61 Å². The molecule has 0 radical (unpaired) electrons. The number of benzene rings is 2. The van der Waals surface area contributed by atoms with Crippen molar-refractivity contribution in [1.82, 2.24) is 4.98 Å². The molecule has 0 bridgehead atoms. The minimum atomic E-state index is -0.359. The molecule has 3 aromatic rings. The Balaban J connectivity index is 1.86. The van der Waals surface area contributed by atoms with E-state index in [1.165, 1.54) is 6.07 Å². The van der Waals surface area contributed by atoms with E-state index in [9.17, 15) is 4.39 Å². The molecule has 3 N–H and O–H groups in total. The van der Waals surface area contributed by atoms with Crippen molar-refractivity contribution >= 4 is 16.6 Å². The number of ether oxygens (including phenoxy) is 1. The highest BCUT2D eigenvalue weighted by molar-refractivity contribution is 5.85. The first-order valence-electron chi connectivity index (χ1n) is 5.97. The van der Waals surface area contributed by atoms with Crippen LogP contribution in [-0.4, -0.2) is 4.98 Å². The summed E-state index contributed by atoms with van der Waals surface area (Å²) in [6.45, 7) is 0.296. The van der Waals surface area contributed by atoms with E-state index in [2.05, 4.69) is 4.98 Å². The van der Waals surface area contributed by atoms with Crippen LogP contribution in [0.5, 0.6) is 5.75 Å². The maximum atomic E-state index is 13.4. The van der Waals surface area contributed by atoms with Crippen LogP contribution in [0.3, 0.4) is 0 Å². The van der Waals surface area contributed by atoms with Gasteiger partial charge in [0.25, 0.3) is 0 Å². The molecule has 0 saturated heterocycles. The fraction of sp³-hybridized carbons (Fsp3) is 0.0667. The second kappa shape index (κ2) is 4.65. The van der Waals surface area contributed by atoms with Crippen LogP contribution in [0.1, 0.15) is 5.56 Å². The van der Waals surface area contributed by atoms with E-state index < -0.39 is 0 Å². The summed E-state index contributed by atoms with van der Waals surface area (Å²) >= 11 is 0. The third kappa shape index (κ3) is 2.25. The van der Waals surface area contributed by atoms with E-state index in [0.717, 1.165) is 16.5 Å². The topological polar surface area (TPSA) is 51.0 Å². The number of hydrogen-bond acceptors (Lipinski definition) is 2. The first-order chi connectivity index (χ1) is 9.24. The maximum absolute atomic E-state index is 13.4. The summed E-state index contributed by atoms with van der Waals surface area (Å²) in [5.41, 5.74) is 8.40. The van der Waals surface area contributed by atoms with Gasteiger partial charge in [0.2, 0.25) is 0 Å². The molecule has 0 unspecified atom stereocenters. The molecule has 3 rings (SSSR count). The fourth-order valence-electron chi connectivity index (χ4n) is 2.03. The third-order valence-corrected chi connectivity index (χ3v) is 3.01. The standard InChI is InChI=1S/C15H13FN2O/c16-13-3-1-2-4-15(13)19-9-10-8-18-14-6-5-11(17)7-12(10)14/h1-8,18H,9,17H2. The van der Waals surface area contributed by atoms with Crippen molar-refractivity contribution in [2.45, 2.75) is 6.61 Å². The first kappa shape index (κ1) is 11.6. The van der Waals surface area contributed by atoms with Crippen LogP contribution in [0.4, 0.5) is 10.1 Å². The predicted molar refractivity (Wildman–Crippen MR) is 73.4 cm³/mol. The summed E-state index contributed by atoms with van der Waals surface area (Å²) in [6.07, 6.45) is 1.85. The molecule has 1 aromatic heterocycles. The minimum absolute atomic E-state index is 0.251. The summed E-state index contributed by atoms with van der Waals surface area (Å²) in [5.74, 6) is -0.109. The molecule has 1 heterocycles. The monoisotopic (exact) mass is 256 g/mol. The van der Waals surface area contributed by atoms with Gasteiger partial charge in [-0.2, -0.15) is 0 Å². The second-order valence-corrected chi connectivity index (χ2v) is 4.34. The van der Waals surface area contributed by atoms with Crippen LogP contribution in [-0.2, 0) is 6.61 Å². The van der Waals surface area contributed by atoms with Crippen molar-refractivity contribution in [3.63, 3.8) is 0 Å². The number of H-pyrrole nitrogens is 1. The van der Waals surface area contributed by atoms with Crippen molar-refractivity contribution in [2.24, 2.45) is 0 Å². The van der Waals surface area contributed by atoms with Gasteiger partial charge in [-0.1, -0.05) is 12.1 Å². The lowest BCUT2D eigenvalue weighted by Crippen LogP contribution is -1.96. The summed E-state index contributed by atoms with van der Waals surface area (Å²) in [4.78, 5) is 3.14. The second-order valence-electron chi connectivity index (χ2n) is 4.34. The average molecular weight is 256 g/mol. The van der Waals surface area contributed by atoms with E-state index in [1.807, 2.05) is 24.4 Å². The SMILES string of the molecule is Nc1ccc2[nH]cc(COc3ccccc3F)c2c1. The lowest BCUT2D eigenvalue weighted by molar-refractivity contribution is 0.291. The van der Waals surface area contributed by atoms with E-state index in [4.69, 9.17) is 10.5 Å². The van der Waals surface area contributed by atoms with Gasteiger partial charge in [-0.25, -0.2) is 4.39 Å². The average Bonchev–Trinajstić information content (AvgIpc) is 2.80. The predicted octanol–water partition coefficient (Wildman–Crippen LogP) is 3.47. The van der Waals surface area contributed by atoms with Gasteiger partial charge in [0.05, 0.1) is 0 Å². The highest BCUT2D eigenvalue weighted by atomic mass is 19.1. The summed E-state index contributed by atoms with van der Waals surface area (Å²) in [6, 6.07) is 12.0. The lowest BCUT2D eigenvalue weighted by Gasteiger charge is -2.06. The Morgan fingerprint density at radius 1 is 1.16 bits per heavy atom. The smallest absolute Gasteiger partial charge is 0.165 e. The number of nitrogens with one attached hydrogen (secondary N) is 1. The van der Waals surface area contributed by atoms with Crippen LogP contribution in [0, 0.1) is 5.82 Å². The minimum Gasteiger partial charge on any atom is -0.486 e. The number of aromatic amines is 1. The fourth-order valence-corrected chi connectivity index (χ4v) is 2.03. The number of anilines is 1. The van der Waals surface area contributed by atoms with Crippen LogP contribution >= 0.6 is 0 Å². The van der Waals surface area contributed by atoms with Crippen molar-refractivity contribution in [3.8, 4) is 5.75 Å². The molecule has 96 valence electrons. The Bertz CT molecular complexity index is 721. The molecule has 0 fully saturated rings. The number of hydrogen-bond donors (Lipinski definition) is 2. The Morgan fingerprint density at radius 2 is 2.00 bits per heavy atom. The van der Waals surface area contributed by atoms with Gasteiger partial charge < -0.3 is 15.5 Å². The Labute approximate surface area is 109 Å². The maximum Gasteiger partial charge on any atom is 0.165 e. The van der Waals surface area contributed by atoms with Crippen molar-refractivity contribution < 1.29 is 9.13 Å². The molecule has 3 nitrogen and oxygen atoms in total. The van der Waals surface area contributed by atoms with E-state index in [1.54, 1.807) is 18.2 Å². The number of fused-ring (bicyclic) bond motifs is 1. The quantitative estimate of drug-likeness (QED) is 0.705. The highest BCUT2D eigenvalue weighted by Gasteiger charge is 2.06. The molecule has 19 heavy (non-hydrogen) atoms. The van der Waals surface area contributed by atoms with Crippen LogP contribution in [0.15, 0.2) is 48.7 Å². The zero-order chi connectivity index (χ0) is 13.2. The molecule has 2 aromatic carbocycles. The largest absolute Gasteiger partial charge is 0.486 e.